The molecule has 2 aromatic carbocycles. The summed E-state index contributed by atoms with van der Waals surface area (Å²) in [4.78, 5) is 23.9. The van der Waals surface area contributed by atoms with E-state index < -0.39 is 33.7 Å². The lowest BCUT2D eigenvalue weighted by Crippen LogP contribution is -2.41. The maximum Gasteiger partial charge on any atom is 0.341 e. The third kappa shape index (κ3) is 4.78. The molecule has 9 nitrogen and oxygen atoms in total. The third-order valence-electron chi connectivity index (χ3n) is 3.79. The summed E-state index contributed by atoms with van der Waals surface area (Å²) in [6.45, 7) is 1.34. The number of amides is 1. The van der Waals surface area contributed by atoms with E-state index in [0.29, 0.717) is 5.75 Å². The van der Waals surface area contributed by atoms with Gasteiger partial charge in [0.2, 0.25) is 15.9 Å². The Kier molecular flexibility index (Phi) is 6.60. The van der Waals surface area contributed by atoms with Gasteiger partial charge in [-0.05, 0) is 43.3 Å². The number of methoxy groups -OCH3 is 2. The molecule has 0 unspecified atom stereocenters. The number of phenolic OH excluding ortho intramolecular Hbond substituents is 1. The average molecular weight is 408 g/mol. The van der Waals surface area contributed by atoms with Crippen LogP contribution in [0.25, 0.3) is 0 Å². The van der Waals surface area contributed by atoms with Crippen molar-refractivity contribution in [1.82, 2.24) is 4.72 Å². The standard InChI is InChI=1S/C18H20N2O7S/c1-11(20-28(24,25)13-9-7-12(26-2)8-10-13)17(22)19-15-6-4-5-14(16(15)21)18(23)27-3/h4-11,20-21H,1-3H3,(H,19,22)/t11-/m0/s1. The minimum atomic E-state index is -3.96. The lowest BCUT2D eigenvalue weighted by Gasteiger charge is -2.16. The van der Waals surface area contributed by atoms with Gasteiger partial charge in [-0.1, -0.05) is 6.07 Å². The van der Waals surface area contributed by atoms with Gasteiger partial charge < -0.3 is 19.9 Å². The van der Waals surface area contributed by atoms with Crippen molar-refractivity contribution >= 4 is 27.6 Å². The topological polar surface area (TPSA) is 131 Å². The Bertz CT molecular complexity index is 972. The molecule has 2 rings (SSSR count). The van der Waals surface area contributed by atoms with E-state index in [1.807, 2.05) is 0 Å². The largest absolute Gasteiger partial charge is 0.505 e. The van der Waals surface area contributed by atoms with Crippen molar-refractivity contribution in [3.63, 3.8) is 0 Å². The average Bonchev–Trinajstić information content (AvgIpc) is 2.68. The van der Waals surface area contributed by atoms with Crippen LogP contribution in [0.15, 0.2) is 47.4 Å². The van der Waals surface area contributed by atoms with Crippen LogP contribution in [-0.4, -0.2) is 45.7 Å². The van der Waals surface area contributed by atoms with Crippen molar-refractivity contribution in [2.24, 2.45) is 0 Å². The summed E-state index contributed by atoms with van der Waals surface area (Å²) in [7, 11) is -1.35. The van der Waals surface area contributed by atoms with Crippen LogP contribution in [0, 0.1) is 0 Å². The number of nitrogens with one attached hydrogen (secondary N) is 2. The number of hydrogen-bond donors (Lipinski definition) is 3. The van der Waals surface area contributed by atoms with Crippen LogP contribution in [0.4, 0.5) is 5.69 Å². The Morgan fingerprint density at radius 1 is 1.07 bits per heavy atom. The molecular weight excluding hydrogens is 388 g/mol. The van der Waals surface area contributed by atoms with E-state index in [0.717, 1.165) is 7.11 Å². The molecule has 0 heterocycles. The van der Waals surface area contributed by atoms with Crippen LogP contribution in [0.3, 0.4) is 0 Å². The zero-order valence-corrected chi connectivity index (χ0v) is 16.2. The number of phenols is 1. The maximum atomic E-state index is 12.4. The van der Waals surface area contributed by atoms with Gasteiger partial charge in [-0.2, -0.15) is 4.72 Å². The Labute approximate surface area is 162 Å². The number of sulfonamides is 1. The quantitative estimate of drug-likeness (QED) is 0.467. The summed E-state index contributed by atoms with van der Waals surface area (Å²) >= 11 is 0. The SMILES string of the molecule is COC(=O)c1cccc(NC(=O)[C@H](C)NS(=O)(=O)c2ccc(OC)cc2)c1O. The molecule has 0 bridgehead atoms. The predicted molar refractivity (Wildman–Crippen MR) is 101 cm³/mol. The summed E-state index contributed by atoms with van der Waals surface area (Å²) in [5, 5.41) is 12.5. The zero-order chi connectivity index (χ0) is 20.9. The molecule has 0 spiro atoms. The number of para-hydroxylation sites is 1. The molecule has 3 N–H and O–H groups in total. The van der Waals surface area contributed by atoms with E-state index in [4.69, 9.17) is 4.74 Å². The van der Waals surface area contributed by atoms with Crippen LogP contribution in [0.1, 0.15) is 17.3 Å². The highest BCUT2D eigenvalue weighted by molar-refractivity contribution is 7.89. The predicted octanol–water partition coefficient (Wildman–Crippen LogP) is 1.49. The van der Waals surface area contributed by atoms with Crippen LogP contribution < -0.4 is 14.8 Å². The molecule has 0 aliphatic heterocycles. The second kappa shape index (κ2) is 8.72. The summed E-state index contributed by atoms with van der Waals surface area (Å²) < 4.78 is 36.6. The maximum absolute atomic E-state index is 12.4. The molecule has 0 aromatic heterocycles. The molecule has 28 heavy (non-hydrogen) atoms. The molecule has 0 saturated heterocycles. The van der Waals surface area contributed by atoms with Gasteiger partial charge in [-0.15, -0.1) is 0 Å². The highest BCUT2D eigenvalue weighted by Crippen LogP contribution is 2.28. The van der Waals surface area contributed by atoms with Crippen LogP contribution in [0.5, 0.6) is 11.5 Å². The van der Waals surface area contributed by atoms with Crippen molar-refractivity contribution < 1.29 is 32.6 Å². The third-order valence-corrected chi connectivity index (χ3v) is 5.35. The van der Waals surface area contributed by atoms with E-state index in [-0.39, 0.29) is 16.1 Å². The molecule has 1 amide bonds. The minimum Gasteiger partial charge on any atom is -0.505 e. The van der Waals surface area contributed by atoms with E-state index in [1.165, 1.54) is 56.5 Å². The number of carbonyl (C=O) groups excluding carboxylic acids is 2. The van der Waals surface area contributed by atoms with Crippen LogP contribution in [-0.2, 0) is 19.6 Å². The van der Waals surface area contributed by atoms with E-state index in [1.54, 1.807) is 0 Å². The lowest BCUT2D eigenvalue weighted by atomic mass is 10.1. The van der Waals surface area contributed by atoms with Crippen molar-refractivity contribution in [3.8, 4) is 11.5 Å². The molecule has 2 aromatic rings. The number of rotatable bonds is 7. The smallest absolute Gasteiger partial charge is 0.341 e. The molecule has 0 radical (unpaired) electrons. The second-order valence-electron chi connectivity index (χ2n) is 5.70. The number of anilines is 1. The number of esters is 1. The van der Waals surface area contributed by atoms with Gasteiger partial charge in [-0.3, -0.25) is 4.79 Å². The Hall–Kier alpha value is -3.11. The second-order valence-corrected chi connectivity index (χ2v) is 7.42. The van der Waals surface area contributed by atoms with Crippen molar-refractivity contribution in [3.05, 3.63) is 48.0 Å². The number of benzene rings is 2. The molecular formula is C18H20N2O7S. The molecule has 0 aliphatic rings. The Morgan fingerprint density at radius 2 is 1.71 bits per heavy atom. The first-order valence-electron chi connectivity index (χ1n) is 8.07. The lowest BCUT2D eigenvalue weighted by molar-refractivity contribution is -0.117. The number of ether oxygens (including phenoxy) is 2. The first-order chi connectivity index (χ1) is 13.2. The highest BCUT2D eigenvalue weighted by Gasteiger charge is 2.23. The molecule has 0 saturated carbocycles. The summed E-state index contributed by atoms with van der Waals surface area (Å²) in [5.41, 5.74) is -0.185. The van der Waals surface area contributed by atoms with Gasteiger partial charge in [0.25, 0.3) is 0 Å². The van der Waals surface area contributed by atoms with E-state index in [2.05, 4.69) is 14.8 Å². The Morgan fingerprint density at radius 3 is 2.29 bits per heavy atom. The fourth-order valence-corrected chi connectivity index (χ4v) is 3.47. The summed E-state index contributed by atoms with van der Waals surface area (Å²) in [6.07, 6.45) is 0. The number of hydrogen-bond acceptors (Lipinski definition) is 7. The minimum absolute atomic E-state index is 0.0384. The van der Waals surface area contributed by atoms with Gasteiger partial charge in [0, 0.05) is 0 Å². The normalized spacial score (nSPS) is 12.1. The van der Waals surface area contributed by atoms with Gasteiger partial charge in [0.1, 0.15) is 11.3 Å². The monoisotopic (exact) mass is 408 g/mol. The Balaban J connectivity index is 2.13. The fourth-order valence-electron chi connectivity index (χ4n) is 2.27. The van der Waals surface area contributed by atoms with Crippen LogP contribution in [0.2, 0.25) is 0 Å². The summed E-state index contributed by atoms with van der Waals surface area (Å²) in [5.74, 6) is -1.49. The molecule has 10 heteroatoms. The first kappa shape index (κ1) is 21.2. The number of aromatic hydroxyl groups is 1. The molecule has 150 valence electrons. The van der Waals surface area contributed by atoms with E-state index >= 15 is 0 Å². The van der Waals surface area contributed by atoms with Crippen molar-refractivity contribution in [2.45, 2.75) is 17.9 Å². The van der Waals surface area contributed by atoms with E-state index in [9.17, 15) is 23.1 Å². The fraction of sp³-hybridized carbons (Fsp3) is 0.222. The highest BCUT2D eigenvalue weighted by atomic mass is 32.2. The zero-order valence-electron chi connectivity index (χ0n) is 15.4. The number of carbonyl (C=O) groups is 2. The van der Waals surface area contributed by atoms with Gasteiger partial charge in [0.05, 0.1) is 30.8 Å². The first-order valence-corrected chi connectivity index (χ1v) is 9.55. The summed E-state index contributed by atoms with van der Waals surface area (Å²) in [6, 6.07) is 8.62. The molecule has 0 aliphatic carbocycles. The van der Waals surface area contributed by atoms with Gasteiger partial charge in [0.15, 0.2) is 5.75 Å². The van der Waals surface area contributed by atoms with Crippen molar-refractivity contribution in [1.29, 1.82) is 0 Å². The van der Waals surface area contributed by atoms with Gasteiger partial charge in [-0.25, -0.2) is 13.2 Å². The molecule has 1 atom stereocenters. The van der Waals surface area contributed by atoms with Crippen molar-refractivity contribution in [2.75, 3.05) is 19.5 Å². The van der Waals surface area contributed by atoms with Gasteiger partial charge >= 0.3 is 5.97 Å². The molecule has 0 fully saturated rings. The van der Waals surface area contributed by atoms with Crippen LogP contribution >= 0.6 is 0 Å².